The molecule has 2 nitrogen and oxygen atoms in total. The summed E-state index contributed by atoms with van der Waals surface area (Å²) in [5.41, 5.74) is 1.78. The third-order valence-electron chi connectivity index (χ3n) is 2.81. The molecule has 0 saturated heterocycles. The third-order valence-corrected chi connectivity index (χ3v) is 2.81. The molecule has 15 heavy (non-hydrogen) atoms. The lowest BCUT2D eigenvalue weighted by atomic mass is 10.2. The summed E-state index contributed by atoms with van der Waals surface area (Å²) in [6.45, 7) is 1.02. The predicted molar refractivity (Wildman–Crippen MR) is 61.6 cm³/mol. The van der Waals surface area contributed by atoms with E-state index >= 15 is 0 Å². The molecule has 1 aromatic rings. The first-order valence-corrected chi connectivity index (χ1v) is 5.62. The molecule has 0 atom stereocenters. The molecule has 1 aromatic carbocycles. The number of nitrogens with zero attached hydrogens (tertiary/aromatic N) is 1. The van der Waals surface area contributed by atoms with E-state index in [1.807, 2.05) is 24.3 Å². The molecule has 0 unspecified atom stereocenters. The van der Waals surface area contributed by atoms with Crippen molar-refractivity contribution in [3.05, 3.63) is 29.8 Å². The van der Waals surface area contributed by atoms with Crippen molar-refractivity contribution in [3.8, 4) is 6.07 Å². The maximum absolute atomic E-state index is 8.74. The van der Waals surface area contributed by atoms with Gasteiger partial charge < -0.3 is 5.32 Å². The van der Waals surface area contributed by atoms with E-state index in [0.29, 0.717) is 0 Å². The Hall–Kier alpha value is -1.49. The highest BCUT2D eigenvalue weighted by Gasteiger charge is 2.19. The SMILES string of the molecule is N#Cc1cccc(NCCCC2CC2)c1. The van der Waals surface area contributed by atoms with Crippen molar-refractivity contribution >= 4 is 5.69 Å². The second-order valence-corrected chi connectivity index (χ2v) is 4.20. The molecule has 1 N–H and O–H groups in total. The second kappa shape index (κ2) is 4.84. The van der Waals surface area contributed by atoms with E-state index in [0.717, 1.165) is 23.7 Å². The molecule has 0 amide bonds. The zero-order valence-electron chi connectivity index (χ0n) is 8.87. The van der Waals surface area contributed by atoms with Crippen LogP contribution in [-0.4, -0.2) is 6.54 Å². The first-order chi connectivity index (χ1) is 7.38. The van der Waals surface area contributed by atoms with Gasteiger partial charge in [0.05, 0.1) is 11.6 Å². The minimum absolute atomic E-state index is 0.724. The van der Waals surface area contributed by atoms with Gasteiger partial charge in [0.1, 0.15) is 0 Å². The van der Waals surface area contributed by atoms with Gasteiger partial charge in [-0.1, -0.05) is 18.9 Å². The van der Waals surface area contributed by atoms with Crippen molar-refractivity contribution in [2.75, 3.05) is 11.9 Å². The smallest absolute Gasteiger partial charge is 0.0992 e. The Balaban J connectivity index is 1.74. The normalized spacial score (nSPS) is 14.6. The number of nitrogens with one attached hydrogen (secondary N) is 1. The van der Waals surface area contributed by atoms with Gasteiger partial charge >= 0.3 is 0 Å². The topological polar surface area (TPSA) is 35.8 Å². The van der Waals surface area contributed by atoms with Crippen LogP contribution in [0.15, 0.2) is 24.3 Å². The van der Waals surface area contributed by atoms with Crippen LogP contribution in [0.5, 0.6) is 0 Å². The molecule has 0 heterocycles. The van der Waals surface area contributed by atoms with Gasteiger partial charge in [-0.15, -0.1) is 0 Å². The lowest BCUT2D eigenvalue weighted by molar-refractivity contribution is 0.687. The van der Waals surface area contributed by atoms with E-state index in [-0.39, 0.29) is 0 Å². The summed E-state index contributed by atoms with van der Waals surface area (Å²) < 4.78 is 0. The fourth-order valence-electron chi connectivity index (χ4n) is 1.73. The Morgan fingerprint density at radius 1 is 1.40 bits per heavy atom. The van der Waals surface area contributed by atoms with Gasteiger partial charge in [0, 0.05) is 12.2 Å². The summed E-state index contributed by atoms with van der Waals surface area (Å²) in [7, 11) is 0. The van der Waals surface area contributed by atoms with Gasteiger partial charge in [0.15, 0.2) is 0 Å². The van der Waals surface area contributed by atoms with Crippen LogP contribution in [0.3, 0.4) is 0 Å². The van der Waals surface area contributed by atoms with Crippen molar-refractivity contribution in [1.29, 1.82) is 5.26 Å². The molecule has 2 rings (SSSR count). The van der Waals surface area contributed by atoms with E-state index in [1.165, 1.54) is 25.7 Å². The Morgan fingerprint density at radius 2 is 2.27 bits per heavy atom. The molecule has 2 heteroatoms. The molecular weight excluding hydrogens is 184 g/mol. The number of nitriles is 1. The fourth-order valence-corrected chi connectivity index (χ4v) is 1.73. The van der Waals surface area contributed by atoms with Crippen LogP contribution in [0.4, 0.5) is 5.69 Å². The standard InChI is InChI=1S/C13H16N2/c14-10-12-3-1-5-13(9-12)15-8-2-4-11-6-7-11/h1,3,5,9,11,15H,2,4,6-8H2. The molecule has 0 radical (unpaired) electrons. The highest BCUT2D eigenvalue weighted by Crippen LogP contribution is 2.33. The van der Waals surface area contributed by atoms with Crippen molar-refractivity contribution in [2.24, 2.45) is 5.92 Å². The maximum atomic E-state index is 8.74. The number of rotatable bonds is 5. The minimum Gasteiger partial charge on any atom is -0.385 e. The number of benzene rings is 1. The van der Waals surface area contributed by atoms with Crippen molar-refractivity contribution in [1.82, 2.24) is 0 Å². The molecule has 1 aliphatic rings. The molecular formula is C13H16N2. The quantitative estimate of drug-likeness (QED) is 0.741. The Morgan fingerprint density at radius 3 is 3.00 bits per heavy atom. The highest BCUT2D eigenvalue weighted by atomic mass is 14.9. The Kier molecular flexibility index (Phi) is 3.24. The molecule has 0 spiro atoms. The zero-order valence-corrected chi connectivity index (χ0v) is 8.87. The summed E-state index contributed by atoms with van der Waals surface area (Å²) in [5, 5.41) is 12.1. The van der Waals surface area contributed by atoms with E-state index in [1.54, 1.807) is 0 Å². The van der Waals surface area contributed by atoms with Gasteiger partial charge in [0.25, 0.3) is 0 Å². The molecule has 0 bridgehead atoms. The molecule has 1 aliphatic carbocycles. The van der Waals surface area contributed by atoms with Crippen LogP contribution in [0.2, 0.25) is 0 Å². The minimum atomic E-state index is 0.724. The van der Waals surface area contributed by atoms with Crippen molar-refractivity contribution in [3.63, 3.8) is 0 Å². The Bertz CT molecular complexity index is 361. The highest BCUT2D eigenvalue weighted by molar-refractivity contribution is 5.48. The average molecular weight is 200 g/mol. The van der Waals surface area contributed by atoms with Crippen LogP contribution in [0.1, 0.15) is 31.2 Å². The summed E-state index contributed by atoms with van der Waals surface area (Å²) >= 11 is 0. The van der Waals surface area contributed by atoms with Gasteiger partial charge in [-0.25, -0.2) is 0 Å². The van der Waals surface area contributed by atoms with Gasteiger partial charge in [-0.05, 0) is 37.0 Å². The summed E-state index contributed by atoms with van der Waals surface area (Å²) in [5.74, 6) is 1.01. The molecule has 0 aliphatic heterocycles. The molecule has 1 fully saturated rings. The van der Waals surface area contributed by atoms with Crippen LogP contribution >= 0.6 is 0 Å². The number of hydrogen-bond acceptors (Lipinski definition) is 2. The first kappa shape index (κ1) is 10.0. The largest absolute Gasteiger partial charge is 0.385 e. The fraction of sp³-hybridized carbons (Fsp3) is 0.462. The van der Waals surface area contributed by atoms with Gasteiger partial charge in [-0.2, -0.15) is 5.26 Å². The van der Waals surface area contributed by atoms with Crippen molar-refractivity contribution in [2.45, 2.75) is 25.7 Å². The van der Waals surface area contributed by atoms with Crippen LogP contribution in [0, 0.1) is 17.2 Å². The van der Waals surface area contributed by atoms with Crippen LogP contribution in [0.25, 0.3) is 0 Å². The van der Waals surface area contributed by atoms with Gasteiger partial charge in [0.2, 0.25) is 0 Å². The van der Waals surface area contributed by atoms with E-state index in [2.05, 4.69) is 11.4 Å². The predicted octanol–water partition coefficient (Wildman–Crippen LogP) is 3.16. The zero-order chi connectivity index (χ0) is 10.5. The first-order valence-electron chi connectivity index (χ1n) is 5.62. The lowest BCUT2D eigenvalue weighted by Gasteiger charge is -2.05. The second-order valence-electron chi connectivity index (χ2n) is 4.20. The lowest BCUT2D eigenvalue weighted by Crippen LogP contribution is -2.01. The van der Waals surface area contributed by atoms with Crippen LogP contribution in [-0.2, 0) is 0 Å². The van der Waals surface area contributed by atoms with Gasteiger partial charge in [-0.3, -0.25) is 0 Å². The molecule has 78 valence electrons. The van der Waals surface area contributed by atoms with E-state index < -0.39 is 0 Å². The summed E-state index contributed by atoms with van der Waals surface area (Å²) in [6, 6.07) is 9.80. The van der Waals surface area contributed by atoms with E-state index in [4.69, 9.17) is 5.26 Å². The summed E-state index contributed by atoms with van der Waals surface area (Å²) in [4.78, 5) is 0. The van der Waals surface area contributed by atoms with Crippen LogP contribution < -0.4 is 5.32 Å². The molecule has 0 aromatic heterocycles. The Labute approximate surface area is 90.9 Å². The molecule has 1 saturated carbocycles. The number of anilines is 1. The third kappa shape index (κ3) is 3.28. The number of hydrogen-bond donors (Lipinski definition) is 1. The average Bonchev–Trinajstić information content (AvgIpc) is 3.09. The summed E-state index contributed by atoms with van der Waals surface area (Å²) in [6.07, 6.45) is 5.46. The van der Waals surface area contributed by atoms with E-state index in [9.17, 15) is 0 Å². The maximum Gasteiger partial charge on any atom is 0.0992 e. The monoisotopic (exact) mass is 200 g/mol. The van der Waals surface area contributed by atoms with Crippen molar-refractivity contribution < 1.29 is 0 Å².